The molecule has 0 radical (unpaired) electrons. The predicted octanol–water partition coefficient (Wildman–Crippen LogP) is 0.833. The van der Waals surface area contributed by atoms with Crippen molar-refractivity contribution in [3.05, 3.63) is 24.0 Å². The van der Waals surface area contributed by atoms with Gasteiger partial charge in [0.1, 0.15) is 0 Å². The van der Waals surface area contributed by atoms with Crippen LogP contribution < -0.4 is 0 Å². The molecule has 0 aliphatic rings. The zero-order valence-corrected chi connectivity index (χ0v) is 5.15. The van der Waals surface area contributed by atoms with E-state index >= 15 is 0 Å². The second-order valence-corrected chi connectivity index (χ2v) is 1.85. The standard InChI is InChI=1S/C6H8N2O/c1-8-3-2-6(5-8)4-7-9/h2-5,9H,1H3/b7-4+. The highest BCUT2D eigenvalue weighted by Crippen LogP contribution is 1.93. The van der Waals surface area contributed by atoms with E-state index in [1.54, 1.807) is 0 Å². The molecule has 0 aliphatic carbocycles. The molecule has 48 valence electrons. The van der Waals surface area contributed by atoms with Crippen molar-refractivity contribution >= 4 is 6.21 Å². The van der Waals surface area contributed by atoms with Crippen molar-refractivity contribution in [2.75, 3.05) is 0 Å². The van der Waals surface area contributed by atoms with Gasteiger partial charge in [-0.25, -0.2) is 0 Å². The number of nitrogens with zero attached hydrogens (tertiary/aromatic N) is 2. The molecule has 9 heavy (non-hydrogen) atoms. The molecule has 0 bridgehead atoms. The maximum absolute atomic E-state index is 8.09. The molecule has 0 fully saturated rings. The topological polar surface area (TPSA) is 37.5 Å². The molecule has 0 aliphatic heterocycles. The lowest BCUT2D eigenvalue weighted by Gasteiger charge is -1.81. The Hall–Kier alpha value is -1.25. The fourth-order valence-electron chi connectivity index (χ4n) is 0.668. The van der Waals surface area contributed by atoms with Gasteiger partial charge in [-0.3, -0.25) is 0 Å². The Morgan fingerprint density at radius 1 is 1.78 bits per heavy atom. The van der Waals surface area contributed by atoms with Crippen LogP contribution in [0.4, 0.5) is 0 Å². The van der Waals surface area contributed by atoms with Crippen molar-refractivity contribution in [1.29, 1.82) is 0 Å². The maximum atomic E-state index is 8.09. The van der Waals surface area contributed by atoms with Crippen LogP contribution in [-0.2, 0) is 7.05 Å². The van der Waals surface area contributed by atoms with E-state index < -0.39 is 0 Å². The maximum Gasteiger partial charge on any atom is 0.0749 e. The van der Waals surface area contributed by atoms with Crippen LogP contribution >= 0.6 is 0 Å². The summed E-state index contributed by atoms with van der Waals surface area (Å²) in [5.41, 5.74) is 0.903. The van der Waals surface area contributed by atoms with Gasteiger partial charge in [0.05, 0.1) is 6.21 Å². The van der Waals surface area contributed by atoms with Gasteiger partial charge in [-0.2, -0.15) is 0 Å². The molecule has 3 nitrogen and oxygen atoms in total. The first-order chi connectivity index (χ1) is 4.33. The molecular weight excluding hydrogens is 116 g/mol. The molecule has 1 aromatic heterocycles. The van der Waals surface area contributed by atoms with Crippen LogP contribution in [0.15, 0.2) is 23.6 Å². The second kappa shape index (κ2) is 2.35. The molecule has 0 saturated carbocycles. The van der Waals surface area contributed by atoms with Gasteiger partial charge >= 0.3 is 0 Å². The van der Waals surface area contributed by atoms with Crippen molar-refractivity contribution in [2.45, 2.75) is 0 Å². The fraction of sp³-hybridized carbons (Fsp3) is 0.167. The van der Waals surface area contributed by atoms with Crippen LogP contribution in [0.25, 0.3) is 0 Å². The molecule has 0 amide bonds. The third-order valence-electron chi connectivity index (χ3n) is 1.06. The van der Waals surface area contributed by atoms with Gasteiger partial charge in [0, 0.05) is 25.0 Å². The van der Waals surface area contributed by atoms with Crippen molar-refractivity contribution in [3.8, 4) is 0 Å². The number of aromatic nitrogens is 1. The molecule has 1 heterocycles. The Morgan fingerprint density at radius 3 is 3.00 bits per heavy atom. The molecular formula is C6H8N2O. The molecule has 0 saturated heterocycles. The Morgan fingerprint density at radius 2 is 2.56 bits per heavy atom. The Bertz CT molecular complexity index is 215. The number of hydrogen-bond donors (Lipinski definition) is 1. The van der Waals surface area contributed by atoms with E-state index in [9.17, 15) is 0 Å². The average Bonchev–Trinajstić information content (AvgIpc) is 2.17. The van der Waals surface area contributed by atoms with E-state index in [0.29, 0.717) is 0 Å². The summed E-state index contributed by atoms with van der Waals surface area (Å²) in [6.07, 6.45) is 5.14. The van der Waals surface area contributed by atoms with E-state index in [1.807, 2.05) is 30.1 Å². The number of aryl methyl sites for hydroxylation is 1. The lowest BCUT2D eigenvalue weighted by Crippen LogP contribution is -1.79. The Kier molecular flexibility index (Phi) is 1.53. The Labute approximate surface area is 53.2 Å². The highest BCUT2D eigenvalue weighted by molar-refractivity contribution is 5.78. The second-order valence-electron chi connectivity index (χ2n) is 1.85. The first-order valence-electron chi connectivity index (χ1n) is 2.62. The van der Waals surface area contributed by atoms with Gasteiger partial charge in [0.2, 0.25) is 0 Å². The lowest BCUT2D eigenvalue weighted by molar-refractivity contribution is 0.322. The molecule has 0 unspecified atom stereocenters. The SMILES string of the molecule is Cn1ccc(/C=N/O)c1. The van der Waals surface area contributed by atoms with Crippen LogP contribution in [0.1, 0.15) is 5.56 Å². The monoisotopic (exact) mass is 124 g/mol. The zero-order valence-electron chi connectivity index (χ0n) is 5.15. The van der Waals surface area contributed by atoms with Gasteiger partial charge < -0.3 is 9.77 Å². The summed E-state index contributed by atoms with van der Waals surface area (Å²) in [7, 11) is 1.91. The number of hydrogen-bond acceptors (Lipinski definition) is 2. The van der Waals surface area contributed by atoms with E-state index in [0.717, 1.165) is 5.56 Å². The van der Waals surface area contributed by atoms with E-state index in [-0.39, 0.29) is 0 Å². The normalized spacial score (nSPS) is 10.8. The van der Waals surface area contributed by atoms with Gasteiger partial charge in [0.15, 0.2) is 0 Å². The summed E-state index contributed by atoms with van der Waals surface area (Å²) in [5, 5.41) is 11.0. The summed E-state index contributed by atoms with van der Waals surface area (Å²) in [6.45, 7) is 0. The van der Waals surface area contributed by atoms with Gasteiger partial charge in [-0.05, 0) is 6.07 Å². The first kappa shape index (κ1) is 5.88. The third kappa shape index (κ3) is 1.32. The summed E-state index contributed by atoms with van der Waals surface area (Å²) < 4.78 is 1.89. The zero-order chi connectivity index (χ0) is 6.69. The summed E-state index contributed by atoms with van der Waals surface area (Å²) in [6, 6.07) is 1.86. The summed E-state index contributed by atoms with van der Waals surface area (Å²) in [5.74, 6) is 0. The van der Waals surface area contributed by atoms with Crippen LogP contribution in [0, 0.1) is 0 Å². The minimum absolute atomic E-state index is 0.903. The van der Waals surface area contributed by atoms with Gasteiger partial charge in [-0.15, -0.1) is 0 Å². The first-order valence-corrected chi connectivity index (χ1v) is 2.62. The minimum atomic E-state index is 0.903. The van der Waals surface area contributed by atoms with Crippen LogP contribution in [-0.4, -0.2) is 16.0 Å². The Balaban J connectivity index is 2.85. The molecule has 3 heteroatoms. The van der Waals surface area contributed by atoms with E-state index in [4.69, 9.17) is 5.21 Å². The molecule has 1 rings (SSSR count). The van der Waals surface area contributed by atoms with Gasteiger partial charge in [0.25, 0.3) is 0 Å². The van der Waals surface area contributed by atoms with Gasteiger partial charge in [-0.1, -0.05) is 5.16 Å². The van der Waals surface area contributed by atoms with Crippen LogP contribution in [0.3, 0.4) is 0 Å². The highest BCUT2D eigenvalue weighted by atomic mass is 16.4. The largest absolute Gasteiger partial charge is 0.411 e. The molecule has 0 spiro atoms. The summed E-state index contributed by atoms with van der Waals surface area (Å²) in [4.78, 5) is 0. The van der Waals surface area contributed by atoms with Crippen molar-refractivity contribution in [2.24, 2.45) is 12.2 Å². The smallest absolute Gasteiger partial charge is 0.0749 e. The lowest BCUT2D eigenvalue weighted by atomic mass is 10.4. The van der Waals surface area contributed by atoms with Crippen molar-refractivity contribution in [1.82, 2.24) is 4.57 Å². The molecule has 1 aromatic rings. The van der Waals surface area contributed by atoms with E-state index in [1.165, 1.54) is 6.21 Å². The molecule has 0 atom stereocenters. The highest BCUT2D eigenvalue weighted by Gasteiger charge is 1.86. The van der Waals surface area contributed by atoms with Crippen molar-refractivity contribution < 1.29 is 5.21 Å². The van der Waals surface area contributed by atoms with Crippen molar-refractivity contribution in [3.63, 3.8) is 0 Å². The number of rotatable bonds is 1. The molecule has 1 N–H and O–H groups in total. The summed E-state index contributed by atoms with van der Waals surface area (Å²) >= 11 is 0. The minimum Gasteiger partial charge on any atom is -0.411 e. The van der Waals surface area contributed by atoms with Crippen LogP contribution in [0.2, 0.25) is 0 Å². The quantitative estimate of drug-likeness (QED) is 0.336. The number of oxime groups is 1. The average molecular weight is 124 g/mol. The predicted molar refractivity (Wildman–Crippen MR) is 34.8 cm³/mol. The van der Waals surface area contributed by atoms with Crippen LogP contribution in [0.5, 0.6) is 0 Å². The fourth-order valence-corrected chi connectivity index (χ4v) is 0.668. The third-order valence-corrected chi connectivity index (χ3v) is 1.06. The molecule has 0 aromatic carbocycles. The van der Waals surface area contributed by atoms with E-state index in [2.05, 4.69) is 5.16 Å².